The third kappa shape index (κ3) is 11.2. The van der Waals surface area contributed by atoms with Crippen LogP contribution < -0.4 is 10.6 Å². The van der Waals surface area contributed by atoms with Gasteiger partial charge < -0.3 is 30.6 Å². The molecule has 0 bridgehead atoms. The van der Waals surface area contributed by atoms with Crippen molar-refractivity contribution in [3.63, 3.8) is 0 Å². The lowest BCUT2D eigenvalue weighted by atomic mass is 9.71. The summed E-state index contributed by atoms with van der Waals surface area (Å²) in [5.74, 6) is -3.45. The molecule has 2 aliphatic rings. The number of amides is 2. The molecule has 0 saturated carbocycles. The van der Waals surface area contributed by atoms with Gasteiger partial charge in [0.1, 0.15) is 10.3 Å². The lowest BCUT2D eigenvalue weighted by Gasteiger charge is -2.36. The number of nitrogens with one attached hydrogen (secondary N) is 2. The fourth-order valence-electron chi connectivity index (χ4n) is 6.09. The van der Waals surface area contributed by atoms with Crippen molar-refractivity contribution in [3.05, 3.63) is 57.7 Å². The van der Waals surface area contributed by atoms with Crippen molar-refractivity contribution in [3.8, 4) is 0 Å². The first-order chi connectivity index (χ1) is 23.8. The number of aliphatic carboxylic acids is 2. The molecule has 2 amide bonds. The van der Waals surface area contributed by atoms with E-state index in [4.69, 9.17) is 25.0 Å². The summed E-state index contributed by atoms with van der Waals surface area (Å²) < 4.78 is 31.7. The van der Waals surface area contributed by atoms with Crippen molar-refractivity contribution >= 4 is 45.4 Å². The van der Waals surface area contributed by atoms with Gasteiger partial charge in [-0.1, -0.05) is 44.2 Å². The molecule has 2 aromatic heterocycles. The van der Waals surface area contributed by atoms with E-state index in [0.29, 0.717) is 36.0 Å². The Labute approximate surface area is 298 Å². The summed E-state index contributed by atoms with van der Waals surface area (Å²) in [7, 11) is 3.88. The standard InChI is InChI=1S/C33H44N6O4S.C2HF3O2/c1-33(2,3)23-9-10-25-22(16-23)17-27-31(36-25)44-32(37-27)30(43)35-26(11-13-38(4)14-12-28(40)41)20-7-6-8-21(15-20)29(42)34-24-18-39(5)19-24;3-2(4,5)1(6)7/h6-8,15,17,23-24,26H,9-14,16,18-19H2,1-5H3,(H,34,42)(H,35,43)(H,40,41);(H,6,7)/t23-,26+;/m0./s1. The highest BCUT2D eigenvalue weighted by Gasteiger charge is 2.38. The van der Waals surface area contributed by atoms with Gasteiger partial charge in [-0.3, -0.25) is 14.4 Å². The summed E-state index contributed by atoms with van der Waals surface area (Å²) in [6.07, 6.45) is -1.49. The van der Waals surface area contributed by atoms with Gasteiger partial charge in [-0.05, 0) is 80.4 Å². The Morgan fingerprint density at radius 1 is 1.06 bits per heavy atom. The van der Waals surface area contributed by atoms with Crippen LogP contribution in [-0.2, 0) is 22.4 Å². The van der Waals surface area contributed by atoms with Crippen LogP contribution in [0.25, 0.3) is 10.3 Å². The number of rotatable bonds is 11. The van der Waals surface area contributed by atoms with Crippen molar-refractivity contribution in [2.45, 2.75) is 71.1 Å². The zero-order valence-corrected chi connectivity index (χ0v) is 30.2. The van der Waals surface area contributed by atoms with E-state index in [1.165, 1.54) is 16.9 Å². The number of nitrogens with zero attached hydrogens (tertiary/aromatic N) is 4. The van der Waals surface area contributed by atoms with Gasteiger partial charge in [-0.25, -0.2) is 14.8 Å². The lowest BCUT2D eigenvalue weighted by Crippen LogP contribution is -2.57. The second-order valence-electron chi connectivity index (χ2n) is 14.3. The summed E-state index contributed by atoms with van der Waals surface area (Å²) in [6, 6.07) is 9.20. The van der Waals surface area contributed by atoms with Crippen molar-refractivity contribution in [1.82, 2.24) is 30.4 Å². The summed E-state index contributed by atoms with van der Waals surface area (Å²) in [5, 5.41) is 22.8. The normalized spacial score (nSPS) is 17.2. The smallest absolute Gasteiger partial charge is 0.481 e. The predicted octanol–water partition coefficient (Wildman–Crippen LogP) is 4.79. The second kappa shape index (κ2) is 16.5. The van der Waals surface area contributed by atoms with Gasteiger partial charge in [0.2, 0.25) is 0 Å². The van der Waals surface area contributed by atoms with Crippen molar-refractivity contribution in [2.24, 2.45) is 11.3 Å². The third-order valence-electron chi connectivity index (χ3n) is 9.17. The zero-order chi connectivity index (χ0) is 37.7. The van der Waals surface area contributed by atoms with Gasteiger partial charge in [0, 0.05) is 37.4 Å². The van der Waals surface area contributed by atoms with Gasteiger partial charge in [0.05, 0.1) is 18.5 Å². The van der Waals surface area contributed by atoms with Crippen molar-refractivity contribution < 1.29 is 42.6 Å². The highest BCUT2D eigenvalue weighted by Crippen LogP contribution is 2.38. The predicted molar refractivity (Wildman–Crippen MR) is 186 cm³/mol. The van der Waals surface area contributed by atoms with Crippen molar-refractivity contribution in [2.75, 3.05) is 40.3 Å². The third-order valence-corrected chi connectivity index (χ3v) is 10.1. The molecule has 12 nitrogen and oxygen atoms in total. The molecule has 1 aliphatic carbocycles. The molecule has 3 heterocycles. The average molecular weight is 735 g/mol. The van der Waals surface area contributed by atoms with Crippen LogP contribution in [0.15, 0.2) is 30.3 Å². The van der Waals surface area contributed by atoms with Crippen molar-refractivity contribution in [1.29, 1.82) is 0 Å². The van der Waals surface area contributed by atoms with E-state index >= 15 is 0 Å². The molecule has 5 rings (SSSR count). The lowest BCUT2D eigenvalue weighted by molar-refractivity contribution is -0.192. The number of likely N-dealkylation sites (N-methyl/N-ethyl adjacent to an activating group) is 1. The molecule has 51 heavy (non-hydrogen) atoms. The highest BCUT2D eigenvalue weighted by molar-refractivity contribution is 7.19. The molecular weight excluding hydrogens is 689 g/mol. The first-order valence-electron chi connectivity index (χ1n) is 16.7. The number of aryl methyl sites for hydroxylation is 1. The van der Waals surface area contributed by atoms with Crippen LogP contribution in [0.3, 0.4) is 0 Å². The number of carbonyl (C=O) groups excluding carboxylic acids is 2. The average Bonchev–Trinajstić information content (AvgIpc) is 3.46. The van der Waals surface area contributed by atoms with E-state index in [1.54, 1.807) is 6.07 Å². The fourth-order valence-corrected chi connectivity index (χ4v) is 6.94. The minimum Gasteiger partial charge on any atom is -0.481 e. The number of hydrogen-bond acceptors (Lipinski definition) is 9. The van der Waals surface area contributed by atoms with E-state index in [1.807, 2.05) is 37.2 Å². The Bertz CT molecular complexity index is 1740. The topological polar surface area (TPSA) is 165 Å². The summed E-state index contributed by atoms with van der Waals surface area (Å²) in [6.45, 7) is 9.47. The number of fused-ring (bicyclic) bond motifs is 2. The number of halogens is 3. The SMILES string of the molecule is CN(CCC(=O)O)CC[C@@H](NC(=O)c1nc2cc3c(nc2s1)CC[C@H](C(C)(C)C)C3)c1cccc(C(=O)NC2CN(C)C2)c1.O=C(O)C(F)(F)F. The van der Waals surface area contributed by atoms with Gasteiger partial charge in [0.15, 0.2) is 5.01 Å². The van der Waals surface area contributed by atoms with Crippen LogP contribution in [-0.4, -0.2) is 106 Å². The number of carbonyl (C=O) groups is 4. The maximum absolute atomic E-state index is 13.6. The van der Waals surface area contributed by atoms with E-state index in [0.717, 1.165) is 54.0 Å². The minimum absolute atomic E-state index is 0.0404. The number of carboxylic acids is 2. The number of carboxylic acid groups (broad SMARTS) is 2. The van der Waals surface area contributed by atoms with E-state index in [9.17, 15) is 27.6 Å². The van der Waals surface area contributed by atoms with Crippen LogP contribution in [0.5, 0.6) is 0 Å². The first kappa shape index (κ1) is 39.6. The summed E-state index contributed by atoms with van der Waals surface area (Å²) >= 11 is 1.30. The Balaban J connectivity index is 0.000000755. The molecule has 1 fully saturated rings. The molecule has 278 valence electrons. The number of hydrogen-bond donors (Lipinski definition) is 4. The number of alkyl halides is 3. The molecule has 3 aromatic rings. The molecule has 1 aromatic carbocycles. The molecular formula is C35H45F3N6O6S. The van der Waals surface area contributed by atoms with Crippen LogP contribution >= 0.6 is 11.3 Å². The summed E-state index contributed by atoms with van der Waals surface area (Å²) in [5.41, 5.74) is 4.66. The molecule has 0 spiro atoms. The van der Waals surface area contributed by atoms with Crippen LogP contribution in [0, 0.1) is 11.3 Å². The van der Waals surface area contributed by atoms with Crippen LogP contribution in [0.2, 0.25) is 0 Å². The minimum atomic E-state index is -5.08. The monoisotopic (exact) mass is 734 g/mol. The number of likely N-dealkylation sites (tertiary alicyclic amines) is 1. The molecule has 4 N–H and O–H groups in total. The van der Waals surface area contributed by atoms with Crippen LogP contribution in [0.1, 0.15) is 83.1 Å². The summed E-state index contributed by atoms with van der Waals surface area (Å²) in [4.78, 5) is 61.0. The quantitative estimate of drug-likeness (QED) is 0.215. The van der Waals surface area contributed by atoms with Crippen LogP contribution in [0.4, 0.5) is 13.2 Å². The van der Waals surface area contributed by atoms with Gasteiger partial charge >= 0.3 is 18.1 Å². The number of benzene rings is 1. The number of thiazole rings is 1. The maximum atomic E-state index is 13.6. The van der Waals surface area contributed by atoms with Gasteiger partial charge in [-0.2, -0.15) is 13.2 Å². The second-order valence-corrected chi connectivity index (χ2v) is 15.3. The Morgan fingerprint density at radius 2 is 1.75 bits per heavy atom. The van der Waals surface area contributed by atoms with E-state index in [2.05, 4.69) is 42.4 Å². The zero-order valence-electron chi connectivity index (χ0n) is 29.3. The molecule has 0 radical (unpaired) electrons. The van der Waals surface area contributed by atoms with E-state index in [-0.39, 0.29) is 29.7 Å². The number of aromatic nitrogens is 2. The molecule has 16 heteroatoms. The Kier molecular flexibility index (Phi) is 12.8. The molecule has 2 atom stereocenters. The van der Waals surface area contributed by atoms with E-state index < -0.39 is 24.2 Å². The largest absolute Gasteiger partial charge is 0.490 e. The molecule has 1 aliphatic heterocycles. The maximum Gasteiger partial charge on any atom is 0.490 e. The van der Waals surface area contributed by atoms with Gasteiger partial charge in [0.25, 0.3) is 11.8 Å². The Hall–Kier alpha value is -4.15. The highest BCUT2D eigenvalue weighted by atomic mass is 32.1. The number of pyridine rings is 1. The fraction of sp³-hybridized carbons (Fsp3) is 0.543. The first-order valence-corrected chi connectivity index (χ1v) is 17.5. The van der Waals surface area contributed by atoms with Gasteiger partial charge in [-0.15, -0.1) is 0 Å². The molecule has 0 unspecified atom stereocenters. The molecule has 1 saturated heterocycles. The Morgan fingerprint density at radius 3 is 2.35 bits per heavy atom.